The Morgan fingerprint density at radius 1 is 1.16 bits per heavy atom. The number of nitrogens with zero attached hydrogens (tertiary/aromatic N) is 1. The monoisotopic (exact) mass is 484 g/mol. The molecule has 0 atom stereocenters. The van der Waals surface area contributed by atoms with Gasteiger partial charge in [0.25, 0.3) is 0 Å². The van der Waals surface area contributed by atoms with Crippen LogP contribution in [-0.4, -0.2) is 54.3 Å². The first-order valence-electron chi connectivity index (χ1n) is 8.00. The lowest BCUT2D eigenvalue weighted by Gasteiger charge is -2.13. The van der Waals surface area contributed by atoms with E-state index in [1.165, 1.54) is 0 Å². The van der Waals surface area contributed by atoms with Gasteiger partial charge in [-0.2, -0.15) is 0 Å². The number of halogens is 1. The zero-order valence-electron chi connectivity index (χ0n) is 15.3. The highest BCUT2D eigenvalue weighted by atomic mass is 127. The topological polar surface area (TPSA) is 91.8 Å². The fourth-order valence-electron chi connectivity index (χ4n) is 2.05. The van der Waals surface area contributed by atoms with Crippen LogP contribution >= 0.6 is 24.0 Å². The first-order valence-corrected chi connectivity index (χ1v) is 9.48. The molecule has 0 heterocycles. The zero-order chi connectivity index (χ0) is 18.0. The summed E-state index contributed by atoms with van der Waals surface area (Å²) in [5.41, 5.74) is 1.65. The Labute approximate surface area is 168 Å². The first kappa shape index (κ1) is 24.1. The van der Waals surface area contributed by atoms with Crippen molar-refractivity contribution < 1.29 is 13.2 Å². The highest BCUT2D eigenvalue weighted by Gasteiger charge is 2.16. The summed E-state index contributed by atoms with van der Waals surface area (Å²) < 4.78 is 32.6. The van der Waals surface area contributed by atoms with Gasteiger partial charge in [-0.3, -0.25) is 4.99 Å². The van der Waals surface area contributed by atoms with E-state index >= 15 is 0 Å². The summed E-state index contributed by atoms with van der Waals surface area (Å²) in [6.07, 6.45) is 0. The Bertz CT molecular complexity index is 651. The molecule has 0 aromatic heterocycles. The van der Waals surface area contributed by atoms with Crippen molar-refractivity contribution in [3.63, 3.8) is 0 Å². The average Bonchev–Trinajstić information content (AvgIpc) is 2.55. The fourth-order valence-corrected chi connectivity index (χ4v) is 3.41. The van der Waals surface area contributed by atoms with Gasteiger partial charge in [-0.1, -0.05) is 12.1 Å². The molecule has 0 aliphatic heterocycles. The van der Waals surface area contributed by atoms with Gasteiger partial charge in [-0.05, 0) is 38.0 Å². The van der Waals surface area contributed by atoms with Crippen molar-refractivity contribution in [2.45, 2.75) is 25.7 Å². The number of nitrogens with one attached hydrogen (secondary N) is 3. The maximum Gasteiger partial charge on any atom is 0.240 e. The van der Waals surface area contributed by atoms with Gasteiger partial charge in [-0.25, -0.2) is 13.1 Å². The molecule has 0 aliphatic carbocycles. The fraction of sp³-hybridized carbons (Fsp3) is 0.562. The number of guanidine groups is 1. The molecule has 0 aliphatic rings. The lowest BCUT2D eigenvalue weighted by Crippen LogP contribution is -2.42. The van der Waals surface area contributed by atoms with Gasteiger partial charge in [0.1, 0.15) is 0 Å². The van der Waals surface area contributed by atoms with E-state index in [9.17, 15) is 8.42 Å². The average molecular weight is 484 g/mol. The Balaban J connectivity index is 0.00000576. The van der Waals surface area contributed by atoms with E-state index in [1.54, 1.807) is 20.0 Å². The van der Waals surface area contributed by atoms with E-state index in [1.807, 2.05) is 26.0 Å². The zero-order valence-corrected chi connectivity index (χ0v) is 18.4. The van der Waals surface area contributed by atoms with Gasteiger partial charge in [0.15, 0.2) is 5.96 Å². The molecule has 0 bridgehead atoms. The number of sulfonamides is 1. The molecule has 25 heavy (non-hydrogen) atoms. The minimum absolute atomic E-state index is 0. The molecule has 0 fully saturated rings. The van der Waals surface area contributed by atoms with Crippen molar-refractivity contribution >= 4 is 40.0 Å². The minimum atomic E-state index is -3.51. The van der Waals surface area contributed by atoms with Crippen LogP contribution < -0.4 is 15.4 Å². The van der Waals surface area contributed by atoms with Crippen LogP contribution in [0.3, 0.4) is 0 Å². The molecule has 1 rings (SSSR count). The van der Waals surface area contributed by atoms with Crippen LogP contribution in [0.25, 0.3) is 0 Å². The van der Waals surface area contributed by atoms with Crippen LogP contribution in [0.1, 0.15) is 18.1 Å². The number of aliphatic imine (C=N–C) groups is 1. The predicted octanol–water partition coefficient (Wildman–Crippen LogP) is 1.40. The summed E-state index contributed by atoms with van der Waals surface area (Å²) in [5, 5.41) is 6.14. The van der Waals surface area contributed by atoms with E-state index in [0.717, 1.165) is 11.1 Å². The molecule has 1 aromatic rings. The highest BCUT2D eigenvalue weighted by molar-refractivity contribution is 14.0. The molecular weight excluding hydrogens is 455 g/mol. The molecule has 0 saturated carbocycles. The van der Waals surface area contributed by atoms with Crippen molar-refractivity contribution in [3.8, 4) is 0 Å². The summed E-state index contributed by atoms with van der Waals surface area (Å²) in [7, 11) is -1.85. The standard InChI is InChI=1S/C16H28N4O3S.HI/c1-5-23-11-10-19-16(17-4)18-8-9-20-24(21,22)15-12-13(2)6-7-14(15)3;/h6-7,12,20H,5,8-11H2,1-4H3,(H2,17,18,19);1H. The van der Waals surface area contributed by atoms with Crippen molar-refractivity contribution in [1.29, 1.82) is 0 Å². The third-order valence-electron chi connectivity index (χ3n) is 3.31. The minimum Gasteiger partial charge on any atom is -0.380 e. The Morgan fingerprint density at radius 2 is 1.84 bits per heavy atom. The van der Waals surface area contributed by atoms with Crippen LogP contribution in [0.15, 0.2) is 28.1 Å². The third-order valence-corrected chi connectivity index (χ3v) is 4.91. The van der Waals surface area contributed by atoms with Gasteiger partial charge in [0.2, 0.25) is 10.0 Å². The molecule has 3 N–H and O–H groups in total. The summed E-state index contributed by atoms with van der Waals surface area (Å²) in [5.74, 6) is 0.612. The Kier molecular flexibility index (Phi) is 12.0. The number of hydrogen-bond acceptors (Lipinski definition) is 4. The van der Waals surface area contributed by atoms with Gasteiger partial charge in [-0.15, -0.1) is 24.0 Å². The van der Waals surface area contributed by atoms with Crippen LogP contribution in [0, 0.1) is 13.8 Å². The Morgan fingerprint density at radius 3 is 2.48 bits per heavy atom. The normalized spacial score (nSPS) is 11.8. The number of benzene rings is 1. The maximum atomic E-state index is 12.4. The van der Waals surface area contributed by atoms with Crippen LogP contribution in [0.5, 0.6) is 0 Å². The number of aryl methyl sites for hydroxylation is 2. The quantitative estimate of drug-likeness (QED) is 0.213. The predicted molar refractivity (Wildman–Crippen MR) is 112 cm³/mol. The van der Waals surface area contributed by atoms with E-state index in [0.29, 0.717) is 37.2 Å². The first-order chi connectivity index (χ1) is 11.4. The second-order valence-electron chi connectivity index (χ2n) is 5.29. The lowest BCUT2D eigenvalue weighted by atomic mass is 10.2. The summed E-state index contributed by atoms with van der Waals surface area (Å²) in [6, 6.07) is 5.39. The highest BCUT2D eigenvalue weighted by Crippen LogP contribution is 2.16. The van der Waals surface area contributed by atoms with Crippen LogP contribution in [0.2, 0.25) is 0 Å². The summed E-state index contributed by atoms with van der Waals surface area (Å²) in [4.78, 5) is 4.39. The molecule has 7 nitrogen and oxygen atoms in total. The van der Waals surface area contributed by atoms with Gasteiger partial charge in [0.05, 0.1) is 11.5 Å². The number of hydrogen-bond donors (Lipinski definition) is 3. The number of rotatable bonds is 9. The molecular formula is C16H29IN4O3S. The maximum absolute atomic E-state index is 12.4. The van der Waals surface area contributed by atoms with Crippen molar-refractivity contribution in [2.24, 2.45) is 4.99 Å². The van der Waals surface area contributed by atoms with Crippen LogP contribution in [-0.2, 0) is 14.8 Å². The number of ether oxygens (including phenoxy) is 1. The van der Waals surface area contributed by atoms with E-state index < -0.39 is 10.0 Å². The van der Waals surface area contributed by atoms with E-state index in [2.05, 4.69) is 20.3 Å². The smallest absolute Gasteiger partial charge is 0.240 e. The molecule has 0 unspecified atom stereocenters. The second-order valence-corrected chi connectivity index (χ2v) is 7.02. The largest absolute Gasteiger partial charge is 0.380 e. The molecule has 0 saturated heterocycles. The summed E-state index contributed by atoms with van der Waals surface area (Å²) in [6.45, 7) is 8.20. The van der Waals surface area contributed by atoms with Crippen LogP contribution in [0.4, 0.5) is 0 Å². The second kappa shape index (κ2) is 12.4. The Hall–Kier alpha value is -0.910. The molecule has 144 valence electrons. The molecule has 0 radical (unpaired) electrons. The van der Waals surface area contributed by atoms with Gasteiger partial charge < -0.3 is 15.4 Å². The van der Waals surface area contributed by atoms with E-state index in [-0.39, 0.29) is 30.5 Å². The molecule has 0 spiro atoms. The van der Waals surface area contributed by atoms with Crippen molar-refractivity contribution in [1.82, 2.24) is 15.4 Å². The molecule has 0 amide bonds. The lowest BCUT2D eigenvalue weighted by molar-refractivity contribution is 0.152. The van der Waals surface area contributed by atoms with Crippen molar-refractivity contribution in [3.05, 3.63) is 29.3 Å². The third kappa shape index (κ3) is 8.84. The molecule has 1 aromatic carbocycles. The van der Waals surface area contributed by atoms with Crippen molar-refractivity contribution in [2.75, 3.05) is 39.9 Å². The molecule has 9 heteroatoms. The SMILES string of the molecule is CCOCCNC(=NC)NCCNS(=O)(=O)c1cc(C)ccc1C.I. The van der Waals surface area contributed by atoms with E-state index in [4.69, 9.17) is 4.74 Å². The summed E-state index contributed by atoms with van der Waals surface area (Å²) >= 11 is 0. The van der Waals surface area contributed by atoms with Gasteiger partial charge in [0, 0.05) is 33.3 Å². The van der Waals surface area contributed by atoms with Gasteiger partial charge >= 0.3 is 0 Å².